The second-order valence-corrected chi connectivity index (χ2v) is 10.5. The number of aryl methyl sites for hydroxylation is 3. The van der Waals surface area contributed by atoms with Gasteiger partial charge in [-0.3, -0.25) is 0 Å². The van der Waals surface area contributed by atoms with Gasteiger partial charge in [-0.05, 0) is 60.8 Å². The van der Waals surface area contributed by atoms with Crippen LogP contribution in [0.3, 0.4) is 0 Å². The number of hydrogen-bond acceptors (Lipinski definition) is 4. The van der Waals surface area contributed by atoms with Gasteiger partial charge in [0.1, 0.15) is 23.0 Å². The fourth-order valence-corrected chi connectivity index (χ4v) is 4.14. The van der Waals surface area contributed by atoms with Gasteiger partial charge in [0.25, 0.3) is 0 Å². The summed E-state index contributed by atoms with van der Waals surface area (Å²) in [6.45, 7) is 11.0. The van der Waals surface area contributed by atoms with Crippen molar-refractivity contribution in [2.75, 3.05) is 13.2 Å². The van der Waals surface area contributed by atoms with E-state index in [0.717, 1.165) is 80.8 Å². The molecule has 2 N–H and O–H groups in total. The Morgan fingerprint density at radius 2 is 1.35 bits per heavy atom. The van der Waals surface area contributed by atoms with Crippen LogP contribution in [0, 0.1) is 10.8 Å². The van der Waals surface area contributed by atoms with Crippen molar-refractivity contribution in [3.8, 4) is 0 Å². The van der Waals surface area contributed by atoms with Crippen LogP contribution in [-0.2, 0) is 19.3 Å². The summed E-state index contributed by atoms with van der Waals surface area (Å²) < 4.78 is 12.2. The van der Waals surface area contributed by atoms with Crippen molar-refractivity contribution >= 4 is 0 Å². The summed E-state index contributed by atoms with van der Waals surface area (Å²) in [7, 11) is 0. The number of aliphatic hydroxyl groups is 2. The summed E-state index contributed by atoms with van der Waals surface area (Å²) in [4.78, 5) is 0. The Balaban J connectivity index is 1.78. The summed E-state index contributed by atoms with van der Waals surface area (Å²) in [6.07, 6.45) is 9.09. The van der Waals surface area contributed by atoms with Gasteiger partial charge in [-0.25, -0.2) is 0 Å². The quantitative estimate of drug-likeness (QED) is 0.308. The Bertz CT molecular complexity index is 753. The fraction of sp³-hybridized carbons (Fsp3) is 0.704. The molecule has 0 spiro atoms. The van der Waals surface area contributed by atoms with Crippen molar-refractivity contribution < 1.29 is 19.0 Å². The van der Waals surface area contributed by atoms with Crippen molar-refractivity contribution in [1.29, 1.82) is 0 Å². The molecule has 1 unspecified atom stereocenters. The van der Waals surface area contributed by atoms with E-state index in [1.807, 2.05) is 0 Å². The average molecular weight is 433 g/mol. The summed E-state index contributed by atoms with van der Waals surface area (Å²) in [5.41, 5.74) is -0.159. The molecule has 4 heteroatoms. The minimum Gasteiger partial charge on any atom is -0.466 e. The van der Waals surface area contributed by atoms with Gasteiger partial charge in [0, 0.05) is 38.4 Å². The molecule has 2 rings (SSSR count). The van der Waals surface area contributed by atoms with Crippen molar-refractivity contribution in [3.05, 3.63) is 47.3 Å². The molecule has 0 amide bonds. The Morgan fingerprint density at radius 1 is 0.774 bits per heavy atom. The third kappa shape index (κ3) is 8.16. The highest BCUT2D eigenvalue weighted by Gasteiger charge is 2.31. The maximum absolute atomic E-state index is 9.78. The van der Waals surface area contributed by atoms with Crippen LogP contribution in [0.5, 0.6) is 0 Å². The van der Waals surface area contributed by atoms with E-state index in [2.05, 4.69) is 58.9 Å². The molecule has 31 heavy (non-hydrogen) atoms. The smallest absolute Gasteiger partial charge is 0.107 e. The Kier molecular flexibility index (Phi) is 9.90. The van der Waals surface area contributed by atoms with Gasteiger partial charge in [-0.1, -0.05) is 47.5 Å². The third-order valence-electron chi connectivity index (χ3n) is 6.47. The normalized spacial score (nSPS) is 13.6. The maximum atomic E-state index is 9.78. The first-order chi connectivity index (χ1) is 14.7. The zero-order valence-electron chi connectivity index (χ0n) is 20.4. The van der Waals surface area contributed by atoms with Crippen molar-refractivity contribution in [2.24, 2.45) is 10.8 Å². The number of unbranched alkanes of at least 4 members (excludes halogenated alkanes) is 1. The molecular weight excluding hydrogens is 388 g/mol. The van der Waals surface area contributed by atoms with E-state index in [4.69, 9.17) is 8.83 Å². The van der Waals surface area contributed by atoms with E-state index < -0.39 is 0 Å². The molecule has 0 aliphatic rings. The predicted octanol–water partition coefficient (Wildman–Crippen LogP) is 6.68. The SMILES string of the molecule is CCCC(c1ccc(CCCc2ccc(CCCCC(C)(C)CO)o2)o1)C(C)(C)CO. The van der Waals surface area contributed by atoms with E-state index >= 15 is 0 Å². The first-order valence-electron chi connectivity index (χ1n) is 12.1. The molecule has 0 aliphatic carbocycles. The molecule has 2 heterocycles. The lowest BCUT2D eigenvalue weighted by Crippen LogP contribution is -2.26. The number of aliphatic hydroxyl groups excluding tert-OH is 2. The van der Waals surface area contributed by atoms with Crippen LogP contribution >= 0.6 is 0 Å². The van der Waals surface area contributed by atoms with Crippen LogP contribution in [-0.4, -0.2) is 23.4 Å². The fourth-order valence-electron chi connectivity index (χ4n) is 4.14. The van der Waals surface area contributed by atoms with Gasteiger partial charge in [0.05, 0.1) is 0 Å². The number of hydrogen-bond donors (Lipinski definition) is 2. The van der Waals surface area contributed by atoms with Gasteiger partial charge in [-0.15, -0.1) is 0 Å². The highest BCUT2D eigenvalue weighted by atomic mass is 16.3. The highest BCUT2D eigenvalue weighted by molar-refractivity contribution is 5.15. The Labute approximate surface area is 189 Å². The zero-order chi connectivity index (χ0) is 22.9. The van der Waals surface area contributed by atoms with Gasteiger partial charge in [0.15, 0.2) is 0 Å². The molecule has 0 radical (unpaired) electrons. The van der Waals surface area contributed by atoms with E-state index in [-0.39, 0.29) is 30.0 Å². The molecule has 2 aromatic heterocycles. The lowest BCUT2D eigenvalue weighted by molar-refractivity contribution is 0.115. The summed E-state index contributed by atoms with van der Waals surface area (Å²) in [5, 5.41) is 19.1. The molecular formula is C27H44O4. The molecule has 176 valence electrons. The summed E-state index contributed by atoms with van der Waals surface area (Å²) in [6, 6.07) is 8.38. The zero-order valence-corrected chi connectivity index (χ0v) is 20.4. The maximum Gasteiger partial charge on any atom is 0.107 e. The van der Waals surface area contributed by atoms with Gasteiger partial charge in [0.2, 0.25) is 0 Å². The summed E-state index contributed by atoms with van der Waals surface area (Å²) >= 11 is 0. The Morgan fingerprint density at radius 3 is 1.94 bits per heavy atom. The average Bonchev–Trinajstić information content (AvgIpc) is 3.39. The molecule has 0 bridgehead atoms. The monoisotopic (exact) mass is 432 g/mol. The highest BCUT2D eigenvalue weighted by Crippen LogP contribution is 2.39. The van der Waals surface area contributed by atoms with Crippen molar-refractivity contribution in [2.45, 2.75) is 98.3 Å². The molecule has 4 nitrogen and oxygen atoms in total. The van der Waals surface area contributed by atoms with Crippen LogP contribution in [0.2, 0.25) is 0 Å². The van der Waals surface area contributed by atoms with E-state index in [9.17, 15) is 10.2 Å². The molecule has 0 saturated heterocycles. The van der Waals surface area contributed by atoms with E-state index in [1.165, 1.54) is 0 Å². The van der Waals surface area contributed by atoms with E-state index in [0.29, 0.717) is 0 Å². The van der Waals surface area contributed by atoms with Crippen LogP contribution in [0.25, 0.3) is 0 Å². The number of furan rings is 2. The molecule has 0 fully saturated rings. The molecule has 0 saturated carbocycles. The third-order valence-corrected chi connectivity index (χ3v) is 6.47. The van der Waals surface area contributed by atoms with Crippen molar-refractivity contribution in [1.82, 2.24) is 0 Å². The van der Waals surface area contributed by atoms with Crippen LogP contribution in [0.15, 0.2) is 33.1 Å². The number of rotatable bonds is 15. The van der Waals surface area contributed by atoms with Gasteiger partial charge >= 0.3 is 0 Å². The molecule has 1 atom stereocenters. The van der Waals surface area contributed by atoms with Gasteiger partial charge in [-0.2, -0.15) is 0 Å². The topological polar surface area (TPSA) is 66.7 Å². The molecule has 0 aromatic carbocycles. The first-order valence-corrected chi connectivity index (χ1v) is 12.1. The van der Waals surface area contributed by atoms with Gasteiger partial charge < -0.3 is 19.0 Å². The first kappa shape index (κ1) is 25.7. The standard InChI is InChI=1S/C27H44O4/c1-6-10-24(27(4,5)20-29)25-17-16-23(31-25)13-9-12-22-15-14-21(30-22)11-7-8-18-26(2,3)19-28/h14-17,24,28-29H,6-13,18-20H2,1-5H3. The predicted molar refractivity (Wildman–Crippen MR) is 126 cm³/mol. The Hall–Kier alpha value is -1.52. The van der Waals surface area contributed by atoms with Crippen LogP contribution in [0.4, 0.5) is 0 Å². The minimum atomic E-state index is -0.177. The van der Waals surface area contributed by atoms with Crippen molar-refractivity contribution in [3.63, 3.8) is 0 Å². The lowest BCUT2D eigenvalue weighted by atomic mass is 9.76. The second-order valence-electron chi connectivity index (χ2n) is 10.5. The largest absolute Gasteiger partial charge is 0.466 e. The van der Waals surface area contributed by atoms with E-state index in [1.54, 1.807) is 0 Å². The molecule has 2 aromatic rings. The minimum absolute atomic E-state index is 0.0183. The van der Waals surface area contributed by atoms with Crippen LogP contribution < -0.4 is 0 Å². The lowest BCUT2D eigenvalue weighted by Gasteiger charge is -2.31. The summed E-state index contributed by atoms with van der Waals surface area (Å²) in [5.74, 6) is 4.36. The molecule has 0 aliphatic heterocycles. The van der Waals surface area contributed by atoms with Crippen LogP contribution in [0.1, 0.15) is 102 Å². The second kappa shape index (κ2) is 11.9.